The fourth-order valence-electron chi connectivity index (χ4n) is 2.84. The molecule has 0 aliphatic heterocycles. The Morgan fingerprint density at radius 3 is 2.41 bits per heavy atom. The van der Waals surface area contributed by atoms with Crippen LogP contribution in [0.5, 0.6) is 11.5 Å². The van der Waals surface area contributed by atoms with Crippen molar-refractivity contribution >= 4 is 11.6 Å². The predicted octanol–water partition coefficient (Wildman–Crippen LogP) is 2.95. The quantitative estimate of drug-likeness (QED) is 0.793. The summed E-state index contributed by atoms with van der Waals surface area (Å²) in [4.78, 5) is 12.0. The van der Waals surface area contributed by atoms with Crippen LogP contribution in [0.4, 0.5) is 5.69 Å². The molecule has 0 bridgehead atoms. The zero-order valence-corrected chi connectivity index (χ0v) is 13.5. The molecule has 5 nitrogen and oxygen atoms in total. The summed E-state index contributed by atoms with van der Waals surface area (Å²) in [5.41, 5.74) is 0.713. The minimum absolute atomic E-state index is 0.0310. The lowest BCUT2D eigenvalue weighted by Gasteiger charge is -2.16. The number of hydrogen-bond donors (Lipinski definition) is 2. The van der Waals surface area contributed by atoms with E-state index in [9.17, 15) is 4.79 Å². The molecule has 2 N–H and O–H groups in total. The highest BCUT2D eigenvalue weighted by Gasteiger charge is 2.13. The summed E-state index contributed by atoms with van der Waals surface area (Å²) >= 11 is 0. The molecule has 1 amide bonds. The molecule has 0 saturated heterocycles. The maximum absolute atomic E-state index is 12.0. The Morgan fingerprint density at radius 1 is 1.09 bits per heavy atom. The van der Waals surface area contributed by atoms with Crippen LogP contribution in [-0.4, -0.2) is 32.7 Å². The molecule has 0 atom stereocenters. The van der Waals surface area contributed by atoms with Crippen molar-refractivity contribution in [2.24, 2.45) is 0 Å². The van der Waals surface area contributed by atoms with Crippen LogP contribution >= 0.6 is 0 Å². The minimum Gasteiger partial charge on any atom is -0.493 e. The van der Waals surface area contributed by atoms with Crippen molar-refractivity contribution < 1.29 is 14.3 Å². The van der Waals surface area contributed by atoms with Gasteiger partial charge in [0, 0.05) is 17.8 Å². The van der Waals surface area contributed by atoms with Crippen LogP contribution in [0.2, 0.25) is 0 Å². The summed E-state index contributed by atoms with van der Waals surface area (Å²) in [6.07, 6.45) is 7.49. The molecule has 1 aromatic carbocycles. The molecule has 1 saturated carbocycles. The Morgan fingerprint density at radius 2 is 1.77 bits per heavy atom. The van der Waals surface area contributed by atoms with Gasteiger partial charge in [-0.2, -0.15) is 0 Å². The number of methoxy groups -OCH3 is 2. The lowest BCUT2D eigenvalue weighted by atomic mass is 10.1. The minimum atomic E-state index is -0.0310. The van der Waals surface area contributed by atoms with E-state index in [-0.39, 0.29) is 5.91 Å². The first-order valence-corrected chi connectivity index (χ1v) is 7.98. The third-order valence-corrected chi connectivity index (χ3v) is 4.07. The highest BCUT2D eigenvalue weighted by atomic mass is 16.5. The van der Waals surface area contributed by atoms with Crippen LogP contribution in [0.1, 0.15) is 38.5 Å². The molecule has 0 radical (unpaired) electrons. The highest BCUT2D eigenvalue weighted by molar-refractivity contribution is 5.92. The van der Waals surface area contributed by atoms with Crippen molar-refractivity contribution in [3.05, 3.63) is 18.2 Å². The van der Waals surface area contributed by atoms with Crippen LogP contribution in [0.15, 0.2) is 18.2 Å². The lowest BCUT2D eigenvalue weighted by molar-refractivity contribution is -0.115. The zero-order valence-electron chi connectivity index (χ0n) is 13.5. The van der Waals surface area contributed by atoms with E-state index < -0.39 is 0 Å². The third-order valence-electron chi connectivity index (χ3n) is 4.07. The van der Waals surface area contributed by atoms with Gasteiger partial charge in [-0.05, 0) is 25.0 Å². The van der Waals surface area contributed by atoms with Crippen LogP contribution in [-0.2, 0) is 4.79 Å². The van der Waals surface area contributed by atoms with Gasteiger partial charge in [-0.25, -0.2) is 0 Å². The van der Waals surface area contributed by atoms with Gasteiger partial charge in [0.15, 0.2) is 11.5 Å². The molecule has 22 heavy (non-hydrogen) atoms. The number of ether oxygens (including phenoxy) is 2. The second-order valence-corrected chi connectivity index (χ2v) is 5.69. The number of benzene rings is 1. The Kier molecular flexibility index (Phi) is 6.52. The molecule has 0 heterocycles. The average Bonchev–Trinajstić information content (AvgIpc) is 2.81. The summed E-state index contributed by atoms with van der Waals surface area (Å²) in [6.45, 7) is 0.346. The van der Waals surface area contributed by atoms with Crippen LogP contribution in [0.3, 0.4) is 0 Å². The lowest BCUT2D eigenvalue weighted by Crippen LogP contribution is -2.35. The first-order valence-electron chi connectivity index (χ1n) is 7.98. The van der Waals surface area contributed by atoms with Crippen LogP contribution < -0.4 is 20.1 Å². The summed E-state index contributed by atoms with van der Waals surface area (Å²) in [5, 5.41) is 6.25. The normalized spacial score (nSPS) is 15.9. The Hall–Kier alpha value is -1.75. The van der Waals surface area contributed by atoms with Crippen molar-refractivity contribution in [3.8, 4) is 11.5 Å². The van der Waals surface area contributed by atoms with Crippen molar-refractivity contribution in [2.45, 2.75) is 44.6 Å². The SMILES string of the molecule is COc1ccc(NC(=O)CNC2CCCCCC2)cc1OC. The third kappa shape index (κ3) is 4.91. The molecular weight excluding hydrogens is 280 g/mol. The van der Waals surface area contributed by atoms with Gasteiger partial charge in [-0.15, -0.1) is 0 Å². The monoisotopic (exact) mass is 306 g/mol. The second kappa shape index (κ2) is 8.63. The standard InChI is InChI=1S/C17H26N2O3/c1-21-15-10-9-14(11-16(15)22-2)19-17(20)12-18-13-7-5-3-4-6-8-13/h9-11,13,18H,3-8,12H2,1-2H3,(H,19,20). The molecule has 122 valence electrons. The highest BCUT2D eigenvalue weighted by Crippen LogP contribution is 2.29. The Labute approximate surface area is 132 Å². The molecule has 1 aliphatic carbocycles. The van der Waals surface area contributed by atoms with Crippen LogP contribution in [0, 0.1) is 0 Å². The number of rotatable bonds is 6. The van der Waals surface area contributed by atoms with E-state index in [1.54, 1.807) is 26.4 Å². The van der Waals surface area contributed by atoms with E-state index >= 15 is 0 Å². The van der Waals surface area contributed by atoms with E-state index in [4.69, 9.17) is 9.47 Å². The van der Waals surface area contributed by atoms with Gasteiger partial charge in [0.25, 0.3) is 0 Å². The first kappa shape index (κ1) is 16.6. The Balaban J connectivity index is 1.83. The number of hydrogen-bond acceptors (Lipinski definition) is 4. The number of carbonyl (C=O) groups is 1. The summed E-state index contributed by atoms with van der Waals surface area (Å²) < 4.78 is 10.4. The zero-order chi connectivity index (χ0) is 15.8. The first-order chi connectivity index (χ1) is 10.7. The molecule has 1 aliphatic rings. The molecule has 5 heteroatoms. The van der Waals surface area contributed by atoms with Gasteiger partial charge in [0.1, 0.15) is 0 Å². The van der Waals surface area contributed by atoms with Crippen molar-refractivity contribution in [3.63, 3.8) is 0 Å². The molecule has 0 unspecified atom stereocenters. The molecule has 1 fully saturated rings. The topological polar surface area (TPSA) is 59.6 Å². The summed E-state index contributed by atoms with van der Waals surface area (Å²) in [7, 11) is 3.17. The van der Waals surface area contributed by atoms with E-state index in [0.717, 1.165) is 0 Å². The van der Waals surface area contributed by atoms with Gasteiger partial charge < -0.3 is 20.1 Å². The number of carbonyl (C=O) groups excluding carboxylic acids is 1. The predicted molar refractivity (Wildman–Crippen MR) is 87.7 cm³/mol. The van der Waals surface area contributed by atoms with E-state index in [1.165, 1.54) is 38.5 Å². The number of anilines is 1. The second-order valence-electron chi connectivity index (χ2n) is 5.69. The molecule has 0 aromatic heterocycles. The van der Waals surface area contributed by atoms with Crippen LogP contribution in [0.25, 0.3) is 0 Å². The van der Waals surface area contributed by atoms with Gasteiger partial charge in [0.05, 0.1) is 20.8 Å². The van der Waals surface area contributed by atoms with Gasteiger partial charge in [-0.3, -0.25) is 4.79 Å². The number of amides is 1. The van der Waals surface area contributed by atoms with E-state index in [1.807, 2.05) is 6.07 Å². The Bertz CT molecular complexity index is 483. The van der Waals surface area contributed by atoms with Gasteiger partial charge >= 0.3 is 0 Å². The smallest absolute Gasteiger partial charge is 0.238 e. The fourth-order valence-corrected chi connectivity index (χ4v) is 2.84. The van der Waals surface area contributed by atoms with Gasteiger partial charge in [-0.1, -0.05) is 25.7 Å². The molecule has 1 aromatic rings. The number of nitrogens with one attached hydrogen (secondary N) is 2. The van der Waals surface area contributed by atoms with Crippen molar-refractivity contribution in [1.29, 1.82) is 0 Å². The average molecular weight is 306 g/mol. The molecule has 0 spiro atoms. The van der Waals surface area contributed by atoms with Gasteiger partial charge in [0.2, 0.25) is 5.91 Å². The fraction of sp³-hybridized carbons (Fsp3) is 0.588. The van der Waals surface area contributed by atoms with E-state index in [0.29, 0.717) is 29.8 Å². The van der Waals surface area contributed by atoms with Crippen molar-refractivity contribution in [1.82, 2.24) is 5.32 Å². The van der Waals surface area contributed by atoms with Crippen molar-refractivity contribution in [2.75, 3.05) is 26.1 Å². The maximum Gasteiger partial charge on any atom is 0.238 e. The molecular formula is C17H26N2O3. The maximum atomic E-state index is 12.0. The summed E-state index contributed by atoms with van der Waals surface area (Å²) in [5.74, 6) is 1.23. The largest absolute Gasteiger partial charge is 0.493 e. The van der Waals surface area contributed by atoms with E-state index in [2.05, 4.69) is 10.6 Å². The summed E-state index contributed by atoms with van der Waals surface area (Å²) in [6, 6.07) is 5.83. The molecule has 2 rings (SSSR count).